The predicted octanol–water partition coefficient (Wildman–Crippen LogP) is 5.87. The second-order valence-electron chi connectivity index (χ2n) is 6.96. The molecule has 3 aromatic heterocycles. The van der Waals surface area contributed by atoms with Gasteiger partial charge in [-0.2, -0.15) is 0 Å². The summed E-state index contributed by atoms with van der Waals surface area (Å²) in [5, 5.41) is 10.3. The molecule has 0 fully saturated rings. The molecule has 0 spiro atoms. The third-order valence-electron chi connectivity index (χ3n) is 4.87. The molecule has 0 aliphatic rings. The number of rotatable bonds is 7. The number of thiophene rings is 1. The van der Waals surface area contributed by atoms with Gasteiger partial charge in [0.1, 0.15) is 4.83 Å². The van der Waals surface area contributed by atoms with Crippen LogP contribution in [0.3, 0.4) is 0 Å². The van der Waals surface area contributed by atoms with Crippen LogP contribution in [0.25, 0.3) is 21.7 Å². The standard InChI is InChI=1S/C21H21ClN4O2S2/c1-4-5-10-26-20(27)17-12(2)13(3)30-19(17)23-21(26)29-11-16-24-25-18(28-16)14-6-8-15(22)9-7-14/h6-9H,4-5,10-11H2,1-3H3. The van der Waals surface area contributed by atoms with Crippen molar-refractivity contribution in [3.63, 3.8) is 0 Å². The SMILES string of the molecule is CCCCn1c(SCc2nnc(-c3ccc(Cl)cc3)o2)nc2sc(C)c(C)c2c1=O. The Morgan fingerprint density at radius 3 is 2.70 bits per heavy atom. The molecule has 0 aliphatic heterocycles. The first-order valence-electron chi connectivity index (χ1n) is 9.69. The number of hydrogen-bond acceptors (Lipinski definition) is 7. The molecule has 0 bridgehead atoms. The first-order valence-corrected chi connectivity index (χ1v) is 11.9. The first kappa shape index (κ1) is 21.1. The number of hydrogen-bond donors (Lipinski definition) is 0. The lowest BCUT2D eigenvalue weighted by Crippen LogP contribution is -2.23. The number of halogens is 1. The van der Waals surface area contributed by atoms with Gasteiger partial charge in [-0.3, -0.25) is 9.36 Å². The zero-order valence-electron chi connectivity index (χ0n) is 16.9. The third-order valence-corrected chi connectivity index (χ3v) is 7.19. The van der Waals surface area contributed by atoms with Crippen molar-refractivity contribution in [2.75, 3.05) is 0 Å². The summed E-state index contributed by atoms with van der Waals surface area (Å²) < 4.78 is 7.58. The zero-order valence-corrected chi connectivity index (χ0v) is 19.3. The molecule has 0 saturated carbocycles. The highest BCUT2D eigenvalue weighted by molar-refractivity contribution is 7.98. The van der Waals surface area contributed by atoms with Crippen molar-refractivity contribution in [1.29, 1.82) is 0 Å². The summed E-state index contributed by atoms with van der Waals surface area (Å²) in [7, 11) is 0. The van der Waals surface area contributed by atoms with E-state index in [9.17, 15) is 4.79 Å². The normalized spacial score (nSPS) is 11.5. The Morgan fingerprint density at radius 1 is 1.20 bits per heavy atom. The van der Waals surface area contributed by atoms with Gasteiger partial charge in [0, 0.05) is 22.0 Å². The number of thioether (sulfide) groups is 1. The van der Waals surface area contributed by atoms with Crippen LogP contribution in [-0.2, 0) is 12.3 Å². The highest BCUT2D eigenvalue weighted by Gasteiger charge is 2.18. The van der Waals surface area contributed by atoms with E-state index >= 15 is 0 Å². The Hall–Kier alpha value is -2.16. The molecule has 0 N–H and O–H groups in total. The zero-order chi connectivity index (χ0) is 21.3. The van der Waals surface area contributed by atoms with E-state index in [1.807, 2.05) is 26.0 Å². The van der Waals surface area contributed by atoms with Crippen molar-refractivity contribution < 1.29 is 4.42 Å². The summed E-state index contributed by atoms with van der Waals surface area (Å²) in [5.74, 6) is 1.37. The van der Waals surface area contributed by atoms with Gasteiger partial charge in [-0.25, -0.2) is 4.98 Å². The van der Waals surface area contributed by atoms with E-state index in [1.165, 1.54) is 11.8 Å². The Kier molecular flexibility index (Phi) is 6.26. The van der Waals surface area contributed by atoms with Crippen LogP contribution in [0.4, 0.5) is 0 Å². The van der Waals surface area contributed by atoms with Crippen molar-refractivity contribution in [2.45, 2.75) is 51.1 Å². The Labute approximate surface area is 187 Å². The molecule has 0 saturated heterocycles. The molecule has 1 aromatic carbocycles. The maximum absolute atomic E-state index is 13.2. The van der Waals surface area contributed by atoms with Gasteiger partial charge in [-0.15, -0.1) is 21.5 Å². The second-order valence-corrected chi connectivity index (χ2v) is 9.55. The van der Waals surface area contributed by atoms with E-state index in [2.05, 4.69) is 17.1 Å². The van der Waals surface area contributed by atoms with Crippen molar-refractivity contribution >= 4 is 44.9 Å². The van der Waals surface area contributed by atoms with Crippen LogP contribution in [0.2, 0.25) is 5.02 Å². The summed E-state index contributed by atoms with van der Waals surface area (Å²) >= 11 is 8.95. The first-order chi connectivity index (χ1) is 14.5. The number of nitrogens with zero attached hydrogens (tertiary/aromatic N) is 4. The Balaban J connectivity index is 1.62. The number of fused-ring (bicyclic) bond motifs is 1. The average Bonchev–Trinajstić information content (AvgIpc) is 3.31. The van der Waals surface area contributed by atoms with Gasteiger partial charge < -0.3 is 4.42 Å². The molecule has 156 valence electrons. The minimum absolute atomic E-state index is 0.0326. The molecule has 0 radical (unpaired) electrons. The van der Waals surface area contributed by atoms with Gasteiger partial charge in [0.25, 0.3) is 5.56 Å². The van der Waals surface area contributed by atoms with Crippen LogP contribution < -0.4 is 5.56 Å². The molecule has 0 atom stereocenters. The molecule has 4 aromatic rings. The fraction of sp³-hybridized carbons (Fsp3) is 0.333. The van der Waals surface area contributed by atoms with Crippen molar-refractivity contribution in [1.82, 2.24) is 19.7 Å². The van der Waals surface area contributed by atoms with Crippen LogP contribution in [0.1, 0.15) is 36.1 Å². The van der Waals surface area contributed by atoms with Crippen molar-refractivity contribution in [3.8, 4) is 11.5 Å². The monoisotopic (exact) mass is 460 g/mol. The van der Waals surface area contributed by atoms with E-state index in [0.29, 0.717) is 34.3 Å². The number of benzene rings is 1. The molecule has 0 unspecified atom stereocenters. The fourth-order valence-corrected chi connectivity index (χ4v) is 5.14. The Bertz CT molecular complexity index is 1240. The molecular formula is C21H21ClN4O2S2. The lowest BCUT2D eigenvalue weighted by Gasteiger charge is -2.11. The lowest BCUT2D eigenvalue weighted by atomic mass is 10.2. The summed E-state index contributed by atoms with van der Waals surface area (Å²) in [5.41, 5.74) is 1.87. The quantitative estimate of drug-likeness (QED) is 0.253. The van der Waals surface area contributed by atoms with Gasteiger partial charge >= 0.3 is 0 Å². The number of aryl methyl sites for hydroxylation is 2. The average molecular weight is 461 g/mol. The van der Waals surface area contributed by atoms with Crippen molar-refractivity contribution in [3.05, 3.63) is 56.0 Å². The van der Waals surface area contributed by atoms with Crippen LogP contribution in [0.15, 0.2) is 38.6 Å². The summed E-state index contributed by atoms with van der Waals surface area (Å²) in [6, 6.07) is 7.25. The smallest absolute Gasteiger partial charge is 0.263 e. The van der Waals surface area contributed by atoms with E-state index in [1.54, 1.807) is 28.0 Å². The van der Waals surface area contributed by atoms with Gasteiger partial charge in [0.15, 0.2) is 5.16 Å². The van der Waals surface area contributed by atoms with Crippen molar-refractivity contribution in [2.24, 2.45) is 0 Å². The van der Waals surface area contributed by atoms with E-state index in [-0.39, 0.29) is 5.56 Å². The van der Waals surface area contributed by atoms with Gasteiger partial charge in [0.2, 0.25) is 11.8 Å². The summed E-state index contributed by atoms with van der Waals surface area (Å²) in [4.78, 5) is 19.9. The maximum atomic E-state index is 13.2. The van der Waals surface area contributed by atoms with E-state index < -0.39 is 0 Å². The molecule has 30 heavy (non-hydrogen) atoms. The summed E-state index contributed by atoms with van der Waals surface area (Å²) in [6.07, 6.45) is 1.93. The van der Waals surface area contributed by atoms with Crippen LogP contribution in [-0.4, -0.2) is 19.7 Å². The molecule has 6 nitrogen and oxygen atoms in total. The van der Waals surface area contributed by atoms with Gasteiger partial charge in [0.05, 0.1) is 11.1 Å². The summed E-state index contributed by atoms with van der Waals surface area (Å²) in [6.45, 7) is 6.78. The molecule has 0 amide bonds. The van der Waals surface area contributed by atoms with Crippen LogP contribution in [0.5, 0.6) is 0 Å². The molecule has 0 aliphatic carbocycles. The minimum atomic E-state index is 0.0326. The largest absolute Gasteiger partial charge is 0.420 e. The molecule has 9 heteroatoms. The van der Waals surface area contributed by atoms with E-state index in [0.717, 1.165) is 39.1 Å². The molecular weight excluding hydrogens is 440 g/mol. The lowest BCUT2D eigenvalue weighted by molar-refractivity contribution is 0.526. The highest BCUT2D eigenvalue weighted by Crippen LogP contribution is 2.30. The maximum Gasteiger partial charge on any atom is 0.263 e. The topological polar surface area (TPSA) is 73.8 Å². The molecule has 3 heterocycles. The van der Waals surface area contributed by atoms with Crippen LogP contribution >= 0.6 is 34.7 Å². The minimum Gasteiger partial charge on any atom is -0.420 e. The number of unbranched alkanes of at least 4 members (excludes halogenated alkanes) is 1. The van der Waals surface area contributed by atoms with Gasteiger partial charge in [-0.05, 0) is 50.1 Å². The molecule has 4 rings (SSSR count). The highest BCUT2D eigenvalue weighted by atomic mass is 35.5. The van der Waals surface area contributed by atoms with Gasteiger partial charge in [-0.1, -0.05) is 36.7 Å². The predicted molar refractivity (Wildman–Crippen MR) is 123 cm³/mol. The Morgan fingerprint density at radius 2 is 1.97 bits per heavy atom. The fourth-order valence-electron chi connectivity index (χ4n) is 3.08. The number of aromatic nitrogens is 4. The van der Waals surface area contributed by atoms with Crippen LogP contribution in [0, 0.1) is 13.8 Å². The van der Waals surface area contributed by atoms with E-state index in [4.69, 9.17) is 21.0 Å². The second kappa shape index (κ2) is 8.91. The third kappa shape index (κ3) is 4.17.